The summed E-state index contributed by atoms with van der Waals surface area (Å²) in [6.07, 6.45) is 0. The fourth-order valence-corrected chi connectivity index (χ4v) is 5.45. The van der Waals surface area contributed by atoms with Gasteiger partial charge >= 0.3 is 0 Å². The normalized spacial score (nSPS) is 12.1. The first-order valence-corrected chi connectivity index (χ1v) is 11.9. The number of anilines is 6. The molecule has 0 saturated carbocycles. The molecule has 0 unspecified atom stereocenters. The van der Waals surface area contributed by atoms with Crippen molar-refractivity contribution >= 4 is 45.9 Å². The van der Waals surface area contributed by atoms with Crippen molar-refractivity contribution in [3.8, 4) is 0 Å². The molecule has 0 radical (unpaired) electrons. The second kappa shape index (κ2) is 8.53. The molecule has 1 heterocycles. The summed E-state index contributed by atoms with van der Waals surface area (Å²) < 4.78 is 0. The minimum atomic E-state index is 1.13. The summed E-state index contributed by atoms with van der Waals surface area (Å²) in [5, 5.41) is 0. The molecule has 158 valence electrons. The van der Waals surface area contributed by atoms with Crippen LogP contribution < -0.4 is 9.80 Å². The van der Waals surface area contributed by atoms with Gasteiger partial charge in [0, 0.05) is 21.2 Å². The van der Waals surface area contributed by atoms with Crippen LogP contribution in [0.5, 0.6) is 0 Å². The quantitative estimate of drug-likeness (QED) is 0.269. The van der Waals surface area contributed by atoms with Crippen molar-refractivity contribution in [3.63, 3.8) is 0 Å². The van der Waals surface area contributed by atoms with Crippen LogP contribution in [0.2, 0.25) is 0 Å². The second-order valence-corrected chi connectivity index (χ2v) is 8.95. The van der Waals surface area contributed by atoms with E-state index in [-0.39, 0.29) is 0 Å². The SMILES string of the molecule is c1ccc(N(c2ccccc2)c2ccccc2N2c3ccccc3Sc3ccccc32)cc1. The molecule has 0 spiro atoms. The van der Waals surface area contributed by atoms with Crippen LogP contribution in [0.4, 0.5) is 34.1 Å². The summed E-state index contributed by atoms with van der Waals surface area (Å²) in [5.74, 6) is 0. The second-order valence-electron chi connectivity index (χ2n) is 7.87. The molecule has 5 aromatic carbocycles. The number of rotatable bonds is 4. The van der Waals surface area contributed by atoms with E-state index in [1.165, 1.54) is 21.2 Å². The van der Waals surface area contributed by atoms with Crippen LogP contribution in [0.25, 0.3) is 0 Å². The largest absolute Gasteiger partial charge is 0.308 e. The van der Waals surface area contributed by atoms with Crippen LogP contribution in [-0.4, -0.2) is 0 Å². The smallest absolute Gasteiger partial charge is 0.0703 e. The van der Waals surface area contributed by atoms with Gasteiger partial charge < -0.3 is 9.80 Å². The third-order valence-electron chi connectivity index (χ3n) is 5.82. The Morgan fingerprint density at radius 1 is 0.424 bits per heavy atom. The summed E-state index contributed by atoms with van der Waals surface area (Å²) in [5.41, 5.74) is 6.94. The van der Waals surface area contributed by atoms with Gasteiger partial charge in [0.05, 0.1) is 22.7 Å². The molecule has 0 aliphatic carbocycles. The lowest BCUT2D eigenvalue weighted by molar-refractivity contribution is 1.15. The highest BCUT2D eigenvalue weighted by molar-refractivity contribution is 7.99. The van der Waals surface area contributed by atoms with E-state index in [0.29, 0.717) is 0 Å². The van der Waals surface area contributed by atoms with E-state index in [1.807, 2.05) is 11.8 Å². The van der Waals surface area contributed by atoms with Gasteiger partial charge in [0.25, 0.3) is 0 Å². The summed E-state index contributed by atoms with van der Waals surface area (Å²) in [6.45, 7) is 0. The maximum atomic E-state index is 2.40. The number of hydrogen-bond donors (Lipinski definition) is 0. The van der Waals surface area contributed by atoms with Gasteiger partial charge in [0.15, 0.2) is 0 Å². The molecule has 0 N–H and O–H groups in total. The Hall–Kier alpha value is -3.95. The van der Waals surface area contributed by atoms with Crippen LogP contribution in [-0.2, 0) is 0 Å². The zero-order chi connectivity index (χ0) is 22.0. The maximum absolute atomic E-state index is 2.40. The lowest BCUT2D eigenvalue weighted by atomic mass is 10.1. The highest BCUT2D eigenvalue weighted by atomic mass is 32.2. The molecule has 6 rings (SSSR count). The molecule has 1 aliphatic rings. The van der Waals surface area contributed by atoms with Gasteiger partial charge in [-0.2, -0.15) is 0 Å². The molecular weight excluding hydrogens is 420 g/mol. The first kappa shape index (κ1) is 19.7. The molecule has 3 heteroatoms. The van der Waals surface area contributed by atoms with Crippen LogP contribution in [0.3, 0.4) is 0 Å². The Morgan fingerprint density at radius 2 is 0.848 bits per heavy atom. The molecule has 5 aromatic rings. The topological polar surface area (TPSA) is 6.48 Å². The summed E-state index contributed by atoms with van der Waals surface area (Å²) >= 11 is 1.83. The predicted molar refractivity (Wildman–Crippen MR) is 140 cm³/mol. The van der Waals surface area contributed by atoms with Gasteiger partial charge in [-0.15, -0.1) is 0 Å². The predicted octanol–water partition coefficient (Wildman–Crippen LogP) is 9.09. The van der Waals surface area contributed by atoms with E-state index in [2.05, 4.69) is 143 Å². The highest BCUT2D eigenvalue weighted by Crippen LogP contribution is 2.53. The first-order valence-electron chi connectivity index (χ1n) is 11.1. The number of hydrogen-bond acceptors (Lipinski definition) is 3. The third kappa shape index (κ3) is 3.57. The Labute approximate surface area is 198 Å². The first-order chi connectivity index (χ1) is 16.4. The van der Waals surface area contributed by atoms with Crippen LogP contribution in [0.15, 0.2) is 143 Å². The number of para-hydroxylation sites is 6. The van der Waals surface area contributed by atoms with Gasteiger partial charge in [-0.1, -0.05) is 84.6 Å². The number of fused-ring (bicyclic) bond motifs is 2. The zero-order valence-corrected chi connectivity index (χ0v) is 18.8. The van der Waals surface area contributed by atoms with Crippen molar-refractivity contribution in [2.45, 2.75) is 9.79 Å². The zero-order valence-electron chi connectivity index (χ0n) is 18.0. The Morgan fingerprint density at radius 3 is 1.39 bits per heavy atom. The number of benzene rings is 5. The Balaban J connectivity index is 1.61. The Bertz CT molecular complexity index is 1310. The van der Waals surface area contributed by atoms with E-state index >= 15 is 0 Å². The average molecular weight is 443 g/mol. The molecular formula is C30H22N2S. The standard InChI is InChI=1S/C30H22N2S/c1-3-13-23(14-4-1)31(24-15-5-2-6-16-24)25-17-7-8-18-26(25)32-27-19-9-11-21-29(27)33-30-22-12-10-20-28(30)32/h1-22H. The van der Waals surface area contributed by atoms with Gasteiger partial charge in [0.1, 0.15) is 0 Å². The summed E-state index contributed by atoms with van der Waals surface area (Å²) in [4.78, 5) is 7.26. The fraction of sp³-hybridized carbons (Fsp3) is 0. The summed E-state index contributed by atoms with van der Waals surface area (Å²) in [6, 6.07) is 47.1. The van der Waals surface area contributed by atoms with Gasteiger partial charge in [-0.25, -0.2) is 0 Å². The minimum absolute atomic E-state index is 1.13. The third-order valence-corrected chi connectivity index (χ3v) is 6.95. The Kier molecular flexibility index (Phi) is 5.10. The van der Waals surface area contributed by atoms with Crippen molar-refractivity contribution in [2.75, 3.05) is 9.80 Å². The molecule has 0 bridgehead atoms. The van der Waals surface area contributed by atoms with E-state index in [1.54, 1.807) is 0 Å². The van der Waals surface area contributed by atoms with E-state index in [9.17, 15) is 0 Å². The molecule has 2 nitrogen and oxygen atoms in total. The van der Waals surface area contributed by atoms with Crippen molar-refractivity contribution < 1.29 is 0 Å². The highest BCUT2D eigenvalue weighted by Gasteiger charge is 2.27. The van der Waals surface area contributed by atoms with E-state index < -0.39 is 0 Å². The van der Waals surface area contributed by atoms with Crippen molar-refractivity contribution in [2.24, 2.45) is 0 Å². The molecule has 0 aromatic heterocycles. The van der Waals surface area contributed by atoms with E-state index in [0.717, 1.165) is 22.7 Å². The van der Waals surface area contributed by atoms with Crippen LogP contribution in [0.1, 0.15) is 0 Å². The molecule has 0 fully saturated rings. The van der Waals surface area contributed by atoms with Crippen molar-refractivity contribution in [1.82, 2.24) is 0 Å². The molecule has 0 atom stereocenters. The average Bonchev–Trinajstić information content (AvgIpc) is 2.89. The van der Waals surface area contributed by atoms with Gasteiger partial charge in [0.2, 0.25) is 0 Å². The fourth-order valence-electron chi connectivity index (χ4n) is 4.39. The van der Waals surface area contributed by atoms with E-state index in [4.69, 9.17) is 0 Å². The van der Waals surface area contributed by atoms with Gasteiger partial charge in [-0.05, 0) is 60.7 Å². The van der Waals surface area contributed by atoms with Crippen molar-refractivity contribution in [1.29, 1.82) is 0 Å². The monoisotopic (exact) mass is 442 g/mol. The summed E-state index contributed by atoms with van der Waals surface area (Å²) in [7, 11) is 0. The molecule has 0 saturated heterocycles. The number of nitrogens with zero attached hydrogens (tertiary/aromatic N) is 2. The lowest BCUT2D eigenvalue weighted by Crippen LogP contribution is -2.19. The minimum Gasteiger partial charge on any atom is -0.308 e. The van der Waals surface area contributed by atoms with Gasteiger partial charge in [-0.3, -0.25) is 0 Å². The maximum Gasteiger partial charge on any atom is 0.0703 e. The van der Waals surface area contributed by atoms with Crippen LogP contribution in [0, 0.1) is 0 Å². The molecule has 33 heavy (non-hydrogen) atoms. The lowest BCUT2D eigenvalue weighted by Gasteiger charge is -2.36. The van der Waals surface area contributed by atoms with Crippen molar-refractivity contribution in [3.05, 3.63) is 133 Å². The molecule has 1 aliphatic heterocycles. The molecule has 0 amide bonds. The van der Waals surface area contributed by atoms with Crippen LogP contribution >= 0.6 is 11.8 Å².